The minimum Gasteiger partial charge on any atom is -0.394 e. The molecule has 98 valence electrons. The first-order valence-corrected chi connectivity index (χ1v) is 6.35. The molecule has 2 rings (SSSR count). The molecule has 0 radical (unpaired) electrons. The van der Waals surface area contributed by atoms with E-state index in [-0.39, 0.29) is 24.5 Å². The van der Waals surface area contributed by atoms with Gasteiger partial charge in [-0.1, -0.05) is 30.3 Å². The number of hydrogen-bond donors (Lipinski definition) is 2. The van der Waals surface area contributed by atoms with E-state index < -0.39 is 0 Å². The zero-order valence-electron chi connectivity index (χ0n) is 10.3. The summed E-state index contributed by atoms with van der Waals surface area (Å²) in [6.07, 6.45) is 1.53. The van der Waals surface area contributed by atoms with Gasteiger partial charge in [0, 0.05) is 19.1 Å². The summed E-state index contributed by atoms with van der Waals surface area (Å²) in [5.74, 6) is 0.0257. The number of rotatable bonds is 4. The zero-order chi connectivity index (χ0) is 12.8. The Balaban J connectivity index is 1.95. The quantitative estimate of drug-likeness (QED) is 0.844. The molecule has 4 nitrogen and oxygen atoms in total. The van der Waals surface area contributed by atoms with Gasteiger partial charge in [0.2, 0.25) is 5.91 Å². The standard InChI is InChI=1S/C14H19NO3/c16-10-13(11-4-2-1-3-5-11)15-14(17)12-6-8-18-9-7-12/h1-5,12-13,16H,6-10H2,(H,15,17)/t13-/m1/s1. The van der Waals surface area contributed by atoms with Gasteiger partial charge in [-0.25, -0.2) is 0 Å². The van der Waals surface area contributed by atoms with Crippen molar-refractivity contribution in [1.82, 2.24) is 5.32 Å². The number of benzene rings is 1. The van der Waals surface area contributed by atoms with Crippen LogP contribution in [0.25, 0.3) is 0 Å². The average Bonchev–Trinajstić information content (AvgIpc) is 2.46. The molecule has 2 N–H and O–H groups in total. The van der Waals surface area contributed by atoms with Crippen LogP contribution < -0.4 is 5.32 Å². The summed E-state index contributed by atoms with van der Waals surface area (Å²) in [5.41, 5.74) is 0.931. The number of hydrogen-bond acceptors (Lipinski definition) is 3. The molecule has 0 spiro atoms. The third kappa shape index (κ3) is 3.31. The summed E-state index contributed by atoms with van der Waals surface area (Å²) in [4.78, 5) is 12.1. The third-order valence-electron chi connectivity index (χ3n) is 3.29. The Morgan fingerprint density at radius 3 is 2.61 bits per heavy atom. The van der Waals surface area contributed by atoms with Crippen molar-refractivity contribution in [3.05, 3.63) is 35.9 Å². The van der Waals surface area contributed by atoms with Crippen molar-refractivity contribution in [2.45, 2.75) is 18.9 Å². The summed E-state index contributed by atoms with van der Waals surface area (Å²) in [5, 5.41) is 12.3. The van der Waals surface area contributed by atoms with Crippen LogP contribution in [0.4, 0.5) is 0 Å². The van der Waals surface area contributed by atoms with Gasteiger partial charge in [-0.2, -0.15) is 0 Å². The lowest BCUT2D eigenvalue weighted by atomic mass is 9.98. The van der Waals surface area contributed by atoms with Crippen molar-refractivity contribution >= 4 is 5.91 Å². The van der Waals surface area contributed by atoms with Crippen LogP contribution in [-0.4, -0.2) is 30.8 Å². The van der Waals surface area contributed by atoms with Crippen LogP contribution >= 0.6 is 0 Å². The van der Waals surface area contributed by atoms with E-state index in [4.69, 9.17) is 4.74 Å². The summed E-state index contributed by atoms with van der Waals surface area (Å²) in [7, 11) is 0. The topological polar surface area (TPSA) is 58.6 Å². The number of aliphatic hydroxyl groups excluding tert-OH is 1. The third-order valence-corrected chi connectivity index (χ3v) is 3.29. The molecule has 1 heterocycles. The molecule has 0 saturated carbocycles. The molecule has 0 unspecified atom stereocenters. The Hall–Kier alpha value is -1.39. The largest absolute Gasteiger partial charge is 0.394 e. The van der Waals surface area contributed by atoms with Crippen molar-refractivity contribution in [1.29, 1.82) is 0 Å². The molecule has 1 aromatic carbocycles. The Kier molecular flexibility index (Phi) is 4.73. The van der Waals surface area contributed by atoms with E-state index in [2.05, 4.69) is 5.32 Å². The maximum Gasteiger partial charge on any atom is 0.223 e. The van der Waals surface area contributed by atoms with Crippen LogP contribution in [0, 0.1) is 5.92 Å². The van der Waals surface area contributed by atoms with Crippen LogP contribution in [0.15, 0.2) is 30.3 Å². The summed E-state index contributed by atoms with van der Waals surface area (Å²) >= 11 is 0. The number of carbonyl (C=O) groups is 1. The second-order valence-corrected chi connectivity index (χ2v) is 4.54. The van der Waals surface area contributed by atoms with Gasteiger partial charge in [0.25, 0.3) is 0 Å². The van der Waals surface area contributed by atoms with Crippen molar-refractivity contribution in [2.24, 2.45) is 5.92 Å². The van der Waals surface area contributed by atoms with Crippen LogP contribution in [0.3, 0.4) is 0 Å². The average molecular weight is 249 g/mol. The minimum atomic E-state index is -0.318. The first-order valence-electron chi connectivity index (χ1n) is 6.35. The number of carbonyl (C=O) groups excluding carboxylic acids is 1. The first kappa shape index (κ1) is 13.1. The lowest BCUT2D eigenvalue weighted by Crippen LogP contribution is -2.37. The van der Waals surface area contributed by atoms with Crippen molar-refractivity contribution in [2.75, 3.05) is 19.8 Å². The van der Waals surface area contributed by atoms with Gasteiger partial charge in [-0.15, -0.1) is 0 Å². The maximum absolute atomic E-state index is 12.1. The van der Waals surface area contributed by atoms with E-state index >= 15 is 0 Å². The smallest absolute Gasteiger partial charge is 0.223 e. The summed E-state index contributed by atoms with van der Waals surface area (Å²) in [6, 6.07) is 9.22. The van der Waals surface area contributed by atoms with Crippen LogP contribution in [0.2, 0.25) is 0 Å². The molecule has 0 aliphatic carbocycles. The van der Waals surface area contributed by atoms with Gasteiger partial charge in [0.05, 0.1) is 12.6 Å². The molecule has 0 bridgehead atoms. The van der Waals surface area contributed by atoms with Gasteiger partial charge >= 0.3 is 0 Å². The molecule has 1 saturated heterocycles. The van der Waals surface area contributed by atoms with Crippen molar-refractivity contribution in [3.63, 3.8) is 0 Å². The molecule has 18 heavy (non-hydrogen) atoms. The number of nitrogens with one attached hydrogen (secondary N) is 1. The van der Waals surface area contributed by atoms with Gasteiger partial charge < -0.3 is 15.2 Å². The van der Waals surface area contributed by atoms with E-state index in [1.165, 1.54) is 0 Å². The monoisotopic (exact) mass is 249 g/mol. The van der Waals surface area contributed by atoms with Gasteiger partial charge in [0.1, 0.15) is 0 Å². The van der Waals surface area contributed by atoms with Gasteiger partial charge in [0.15, 0.2) is 0 Å². The highest BCUT2D eigenvalue weighted by Gasteiger charge is 2.23. The fraction of sp³-hybridized carbons (Fsp3) is 0.500. The highest BCUT2D eigenvalue weighted by molar-refractivity contribution is 5.79. The summed E-state index contributed by atoms with van der Waals surface area (Å²) < 4.78 is 5.24. The second kappa shape index (κ2) is 6.52. The molecular weight excluding hydrogens is 230 g/mol. The van der Waals surface area contributed by atoms with Gasteiger partial charge in [-0.05, 0) is 18.4 Å². The molecule has 1 fully saturated rings. The predicted octanol–water partition coefficient (Wildman–Crippen LogP) is 1.26. The van der Waals surface area contributed by atoms with Crippen molar-refractivity contribution in [3.8, 4) is 0 Å². The summed E-state index contributed by atoms with van der Waals surface area (Å²) in [6.45, 7) is 1.21. The Morgan fingerprint density at radius 1 is 1.33 bits per heavy atom. The Morgan fingerprint density at radius 2 is 2.00 bits per heavy atom. The van der Waals surface area contributed by atoms with E-state index in [1.54, 1.807) is 0 Å². The molecule has 1 atom stereocenters. The normalized spacial score (nSPS) is 18.3. The second-order valence-electron chi connectivity index (χ2n) is 4.54. The Labute approximate surface area is 107 Å². The number of amides is 1. The van der Waals surface area contributed by atoms with E-state index in [0.717, 1.165) is 18.4 Å². The SMILES string of the molecule is O=C(N[C@H](CO)c1ccccc1)C1CCOCC1. The number of aliphatic hydroxyl groups is 1. The molecule has 1 amide bonds. The Bertz CT molecular complexity index is 374. The molecule has 1 aromatic rings. The fourth-order valence-electron chi connectivity index (χ4n) is 2.17. The predicted molar refractivity (Wildman–Crippen MR) is 68.0 cm³/mol. The minimum absolute atomic E-state index is 0.0107. The lowest BCUT2D eigenvalue weighted by Gasteiger charge is -2.24. The molecule has 4 heteroatoms. The fourth-order valence-corrected chi connectivity index (χ4v) is 2.17. The molecular formula is C14H19NO3. The lowest BCUT2D eigenvalue weighted by molar-refractivity contribution is -0.128. The van der Waals surface area contributed by atoms with Gasteiger partial charge in [-0.3, -0.25) is 4.79 Å². The first-order chi connectivity index (χ1) is 8.81. The highest BCUT2D eigenvalue weighted by Crippen LogP contribution is 2.18. The zero-order valence-corrected chi connectivity index (χ0v) is 10.3. The maximum atomic E-state index is 12.1. The van der Waals surface area contributed by atoms with Crippen LogP contribution in [-0.2, 0) is 9.53 Å². The molecule has 1 aliphatic heterocycles. The van der Waals surface area contributed by atoms with Crippen LogP contribution in [0.5, 0.6) is 0 Å². The van der Waals surface area contributed by atoms with E-state index in [0.29, 0.717) is 13.2 Å². The highest BCUT2D eigenvalue weighted by atomic mass is 16.5. The van der Waals surface area contributed by atoms with Crippen molar-refractivity contribution < 1.29 is 14.6 Å². The van der Waals surface area contributed by atoms with Crippen LogP contribution in [0.1, 0.15) is 24.4 Å². The number of ether oxygens (including phenoxy) is 1. The van der Waals surface area contributed by atoms with E-state index in [9.17, 15) is 9.90 Å². The van der Waals surface area contributed by atoms with E-state index in [1.807, 2.05) is 30.3 Å². The molecule has 0 aromatic heterocycles. The molecule has 1 aliphatic rings.